The molecule has 0 fully saturated rings. The van der Waals surface area contributed by atoms with Crippen LogP contribution < -0.4 is 5.32 Å². The van der Waals surface area contributed by atoms with E-state index >= 15 is 0 Å². The highest BCUT2D eigenvalue weighted by Crippen LogP contribution is 2.17. The van der Waals surface area contributed by atoms with Crippen LogP contribution in [0.3, 0.4) is 0 Å². The van der Waals surface area contributed by atoms with E-state index in [2.05, 4.69) is 26.4 Å². The molecule has 1 N–H and O–H groups in total. The molecule has 1 amide bonds. The van der Waals surface area contributed by atoms with E-state index in [1.54, 1.807) is 0 Å². The summed E-state index contributed by atoms with van der Waals surface area (Å²) in [5.41, 5.74) is 2.38. The number of carbonyl (C=O) groups excluding carboxylic acids is 1. The van der Waals surface area contributed by atoms with Gasteiger partial charge in [-0.25, -0.2) is 0 Å². The van der Waals surface area contributed by atoms with Crippen LogP contribution in [0.1, 0.15) is 17.0 Å². The second-order valence-electron chi connectivity index (χ2n) is 4.04. The summed E-state index contributed by atoms with van der Waals surface area (Å²) in [7, 11) is 0. The Hall–Kier alpha value is -1.62. The molecule has 0 atom stereocenters. The van der Waals surface area contributed by atoms with Crippen molar-refractivity contribution in [2.24, 2.45) is 0 Å². The quantitative estimate of drug-likeness (QED) is 0.947. The second kappa shape index (κ2) is 5.35. The molecule has 0 unspecified atom stereocenters. The minimum absolute atomic E-state index is 0.0810. The summed E-state index contributed by atoms with van der Waals surface area (Å²) in [4.78, 5) is 11.9. The number of carbonyl (C=O) groups is 1. The molecule has 0 aliphatic heterocycles. The lowest BCUT2D eigenvalue weighted by Gasteiger charge is -2.05. The van der Waals surface area contributed by atoms with Gasteiger partial charge < -0.3 is 9.84 Å². The maximum atomic E-state index is 11.9. The van der Waals surface area contributed by atoms with Crippen LogP contribution in [-0.4, -0.2) is 11.1 Å². The lowest BCUT2D eigenvalue weighted by atomic mass is 10.1. The van der Waals surface area contributed by atoms with E-state index in [0.717, 1.165) is 21.4 Å². The molecule has 0 spiro atoms. The van der Waals surface area contributed by atoms with Crippen molar-refractivity contribution in [3.63, 3.8) is 0 Å². The Morgan fingerprint density at radius 3 is 2.83 bits per heavy atom. The largest absolute Gasteiger partial charge is 0.361 e. The molecule has 0 bridgehead atoms. The number of halogens is 1. The van der Waals surface area contributed by atoms with Crippen molar-refractivity contribution in [2.45, 2.75) is 20.3 Å². The Morgan fingerprint density at radius 1 is 1.44 bits per heavy atom. The summed E-state index contributed by atoms with van der Waals surface area (Å²) in [6.45, 7) is 3.64. The first-order valence-electron chi connectivity index (χ1n) is 5.53. The van der Waals surface area contributed by atoms with Gasteiger partial charge >= 0.3 is 0 Å². The Bertz CT molecular complexity index is 559. The van der Waals surface area contributed by atoms with Crippen LogP contribution in [0.25, 0.3) is 0 Å². The zero-order valence-electron chi connectivity index (χ0n) is 10.2. The van der Waals surface area contributed by atoms with Gasteiger partial charge in [0.25, 0.3) is 0 Å². The lowest BCUT2D eigenvalue weighted by molar-refractivity contribution is -0.115. The maximum absolute atomic E-state index is 11.9. The summed E-state index contributed by atoms with van der Waals surface area (Å²) >= 11 is 3.36. The SMILES string of the molecule is Cc1noc(C)c1CC(=O)Nc1cccc(Br)c1. The third-order valence-electron chi connectivity index (χ3n) is 2.63. The van der Waals surface area contributed by atoms with Crippen molar-refractivity contribution in [3.05, 3.63) is 45.8 Å². The average molecular weight is 309 g/mol. The fraction of sp³-hybridized carbons (Fsp3) is 0.231. The van der Waals surface area contributed by atoms with Gasteiger partial charge in [0, 0.05) is 15.7 Å². The summed E-state index contributed by atoms with van der Waals surface area (Å²) in [6.07, 6.45) is 0.272. The van der Waals surface area contributed by atoms with Gasteiger partial charge in [-0.2, -0.15) is 0 Å². The fourth-order valence-corrected chi connectivity index (χ4v) is 2.09. The molecule has 2 aromatic rings. The molecule has 0 aliphatic carbocycles. The number of rotatable bonds is 3. The van der Waals surface area contributed by atoms with E-state index in [1.165, 1.54) is 0 Å². The van der Waals surface area contributed by atoms with E-state index in [0.29, 0.717) is 5.76 Å². The van der Waals surface area contributed by atoms with Crippen molar-refractivity contribution in [3.8, 4) is 0 Å². The first-order valence-corrected chi connectivity index (χ1v) is 6.32. The zero-order valence-corrected chi connectivity index (χ0v) is 11.7. The number of nitrogens with one attached hydrogen (secondary N) is 1. The normalized spacial score (nSPS) is 10.4. The molecule has 1 aromatic carbocycles. The van der Waals surface area contributed by atoms with Gasteiger partial charge in [-0.1, -0.05) is 27.2 Å². The van der Waals surface area contributed by atoms with Gasteiger partial charge in [0.2, 0.25) is 5.91 Å². The lowest BCUT2D eigenvalue weighted by Crippen LogP contribution is -2.15. The van der Waals surface area contributed by atoms with Gasteiger partial charge in [0.05, 0.1) is 12.1 Å². The predicted octanol–water partition coefficient (Wildman–Crippen LogP) is 3.24. The molecule has 2 rings (SSSR count). The van der Waals surface area contributed by atoms with Crippen LogP contribution in [0.5, 0.6) is 0 Å². The molecule has 0 radical (unpaired) electrons. The number of nitrogens with zero attached hydrogens (tertiary/aromatic N) is 1. The minimum atomic E-state index is -0.0810. The van der Waals surface area contributed by atoms with E-state index < -0.39 is 0 Å². The summed E-state index contributed by atoms with van der Waals surface area (Å²) in [5, 5.41) is 6.66. The Labute approximate surface area is 113 Å². The first kappa shape index (κ1) is 12.8. The van der Waals surface area contributed by atoms with Crippen LogP contribution in [0, 0.1) is 13.8 Å². The Morgan fingerprint density at radius 2 is 2.22 bits per heavy atom. The molecule has 5 heteroatoms. The van der Waals surface area contributed by atoms with E-state index in [-0.39, 0.29) is 12.3 Å². The third-order valence-corrected chi connectivity index (χ3v) is 3.12. The van der Waals surface area contributed by atoms with Crippen LogP contribution in [0.15, 0.2) is 33.3 Å². The highest BCUT2D eigenvalue weighted by Gasteiger charge is 2.13. The summed E-state index contributed by atoms with van der Waals surface area (Å²) < 4.78 is 5.96. The molecule has 4 nitrogen and oxygen atoms in total. The van der Waals surface area contributed by atoms with Crippen LogP contribution >= 0.6 is 15.9 Å². The standard InChI is InChI=1S/C13H13BrN2O2/c1-8-12(9(2)18-16-8)7-13(17)15-11-5-3-4-10(14)6-11/h3-6H,7H2,1-2H3,(H,15,17). The molecular weight excluding hydrogens is 296 g/mol. The first-order chi connectivity index (χ1) is 8.56. The average Bonchev–Trinajstić information content (AvgIpc) is 2.61. The Kier molecular flexibility index (Phi) is 3.81. The minimum Gasteiger partial charge on any atom is -0.361 e. The number of amides is 1. The van der Waals surface area contributed by atoms with Crippen LogP contribution in [0.4, 0.5) is 5.69 Å². The third kappa shape index (κ3) is 2.98. The molecule has 18 heavy (non-hydrogen) atoms. The predicted molar refractivity (Wildman–Crippen MR) is 72.5 cm³/mol. The molecule has 1 heterocycles. The van der Waals surface area contributed by atoms with Crippen LogP contribution in [-0.2, 0) is 11.2 Å². The number of aryl methyl sites for hydroxylation is 2. The number of hydrogen-bond acceptors (Lipinski definition) is 3. The molecule has 0 saturated carbocycles. The fourth-order valence-electron chi connectivity index (χ4n) is 1.69. The highest BCUT2D eigenvalue weighted by molar-refractivity contribution is 9.10. The summed E-state index contributed by atoms with van der Waals surface area (Å²) in [6, 6.07) is 7.47. The van der Waals surface area contributed by atoms with E-state index in [9.17, 15) is 4.79 Å². The number of anilines is 1. The van der Waals surface area contributed by atoms with E-state index in [1.807, 2.05) is 38.1 Å². The highest BCUT2D eigenvalue weighted by atomic mass is 79.9. The monoisotopic (exact) mass is 308 g/mol. The molecule has 94 valence electrons. The zero-order chi connectivity index (χ0) is 13.1. The van der Waals surface area contributed by atoms with Crippen molar-refractivity contribution in [1.82, 2.24) is 5.16 Å². The molecule has 0 aliphatic rings. The molecule has 0 saturated heterocycles. The number of benzene rings is 1. The Balaban J connectivity index is 2.06. The maximum Gasteiger partial charge on any atom is 0.228 e. The van der Waals surface area contributed by atoms with Crippen molar-refractivity contribution in [1.29, 1.82) is 0 Å². The van der Waals surface area contributed by atoms with Crippen molar-refractivity contribution >= 4 is 27.5 Å². The van der Waals surface area contributed by atoms with Gasteiger partial charge in [0.1, 0.15) is 5.76 Å². The second-order valence-corrected chi connectivity index (χ2v) is 4.95. The summed E-state index contributed by atoms with van der Waals surface area (Å²) in [5.74, 6) is 0.611. The van der Waals surface area contributed by atoms with Gasteiger partial charge in [-0.05, 0) is 32.0 Å². The van der Waals surface area contributed by atoms with Crippen molar-refractivity contribution < 1.29 is 9.32 Å². The number of hydrogen-bond donors (Lipinski definition) is 1. The number of aromatic nitrogens is 1. The molecule has 1 aromatic heterocycles. The van der Waals surface area contributed by atoms with Gasteiger partial charge in [0.15, 0.2) is 0 Å². The van der Waals surface area contributed by atoms with Crippen molar-refractivity contribution in [2.75, 3.05) is 5.32 Å². The van der Waals surface area contributed by atoms with E-state index in [4.69, 9.17) is 4.52 Å². The van der Waals surface area contributed by atoms with Gasteiger partial charge in [-0.3, -0.25) is 4.79 Å². The van der Waals surface area contributed by atoms with Crippen LogP contribution in [0.2, 0.25) is 0 Å². The smallest absolute Gasteiger partial charge is 0.228 e. The van der Waals surface area contributed by atoms with Gasteiger partial charge in [-0.15, -0.1) is 0 Å². The molecular formula is C13H13BrN2O2. The topological polar surface area (TPSA) is 55.1 Å².